The molecule has 1 saturated heterocycles. The highest BCUT2D eigenvalue weighted by Gasteiger charge is 2.79. The zero-order chi connectivity index (χ0) is 21.3. The van der Waals surface area contributed by atoms with E-state index in [0.29, 0.717) is 23.7 Å². The van der Waals surface area contributed by atoms with Crippen LogP contribution in [0.2, 0.25) is 0 Å². The van der Waals surface area contributed by atoms with Crippen LogP contribution in [-0.2, 0) is 9.53 Å². The summed E-state index contributed by atoms with van der Waals surface area (Å²) in [5.74, 6) is 2.01. The van der Waals surface area contributed by atoms with E-state index < -0.39 is 0 Å². The number of ether oxygens (including phenoxy) is 1. The van der Waals surface area contributed by atoms with Crippen LogP contribution >= 0.6 is 0 Å². The maximum absolute atomic E-state index is 14.0. The molecule has 5 aliphatic carbocycles. The molecule has 30 heavy (non-hydrogen) atoms. The van der Waals surface area contributed by atoms with Crippen molar-refractivity contribution < 1.29 is 9.53 Å². The van der Waals surface area contributed by atoms with Gasteiger partial charge in [0.2, 0.25) is 0 Å². The number of hydrogen-bond donors (Lipinski definition) is 0. The quantitative estimate of drug-likeness (QED) is 0.361. The monoisotopic (exact) mass is 406 g/mol. The topological polar surface area (TPSA) is 26.3 Å². The Balaban J connectivity index is 1.51. The highest BCUT2D eigenvalue weighted by atomic mass is 16.6. The predicted octanol–water partition coefficient (Wildman–Crippen LogP) is 6.63. The van der Waals surface area contributed by atoms with Crippen molar-refractivity contribution in [1.29, 1.82) is 0 Å². The molecule has 0 aromatic carbocycles. The number of carbonyl (C=O) groups is 1. The molecule has 6 rings (SSSR count). The number of fused-ring (bicyclic) bond motifs is 3. The highest BCUT2D eigenvalue weighted by molar-refractivity contribution is 5.84. The highest BCUT2D eigenvalue weighted by Crippen LogP contribution is 2.78. The summed E-state index contributed by atoms with van der Waals surface area (Å²) >= 11 is 0. The Bertz CT molecular complexity index is 923. The van der Waals surface area contributed by atoms with Crippen LogP contribution in [0.15, 0.2) is 36.0 Å². The molecule has 1 aliphatic heterocycles. The van der Waals surface area contributed by atoms with Crippen LogP contribution in [0, 0.1) is 45.3 Å². The predicted molar refractivity (Wildman–Crippen MR) is 120 cm³/mol. The number of carbonyl (C=O) groups excluding carboxylic acids is 1. The second kappa shape index (κ2) is 5.36. The number of hydrogen-bond acceptors (Lipinski definition) is 2. The summed E-state index contributed by atoms with van der Waals surface area (Å²) in [6.07, 6.45) is 15.3. The number of allylic oxidation sites excluding steroid dienone is 3. The molecule has 8 atom stereocenters. The summed E-state index contributed by atoms with van der Waals surface area (Å²) in [6.45, 7) is 16.3. The molecule has 1 spiro atoms. The Morgan fingerprint density at radius 3 is 2.50 bits per heavy atom. The average molecular weight is 407 g/mol. The van der Waals surface area contributed by atoms with E-state index in [0.717, 1.165) is 32.1 Å². The molecule has 0 aromatic heterocycles. The zero-order valence-electron chi connectivity index (χ0n) is 19.5. The molecular formula is C28H38O2. The minimum atomic E-state index is -0.377. The van der Waals surface area contributed by atoms with Crippen molar-refractivity contribution in [3.8, 4) is 0 Å². The number of esters is 1. The first-order valence-electron chi connectivity index (χ1n) is 12.3. The van der Waals surface area contributed by atoms with Gasteiger partial charge in [-0.3, -0.25) is 4.79 Å². The van der Waals surface area contributed by atoms with Gasteiger partial charge in [0.25, 0.3) is 0 Å². The maximum atomic E-state index is 14.0. The molecule has 4 fully saturated rings. The molecule has 162 valence electrons. The lowest BCUT2D eigenvalue weighted by atomic mass is 9.36. The van der Waals surface area contributed by atoms with E-state index >= 15 is 0 Å². The van der Waals surface area contributed by atoms with Gasteiger partial charge in [-0.2, -0.15) is 0 Å². The van der Waals surface area contributed by atoms with Crippen LogP contribution in [0.4, 0.5) is 0 Å². The van der Waals surface area contributed by atoms with E-state index in [1.54, 1.807) is 0 Å². The van der Waals surface area contributed by atoms with Gasteiger partial charge in [0.05, 0.1) is 5.41 Å². The van der Waals surface area contributed by atoms with E-state index in [1.165, 1.54) is 24.0 Å². The summed E-state index contributed by atoms with van der Waals surface area (Å²) in [4.78, 5) is 14.0. The standard InChI is InChI=1S/C28H38O2/c1-17(2)19-8-7-18-11-14-27-22(28(18,19)30-23(27)29)10-9-21-25(5)16-15-24(3,4)20(25)12-13-26(21,27)6/h11,15-16,19-22H,1,7-10,12-14H2,2-6H3. The van der Waals surface area contributed by atoms with Gasteiger partial charge in [-0.15, -0.1) is 0 Å². The van der Waals surface area contributed by atoms with Crippen LogP contribution in [0.1, 0.15) is 79.6 Å². The molecule has 2 nitrogen and oxygen atoms in total. The maximum Gasteiger partial charge on any atom is 0.314 e. The summed E-state index contributed by atoms with van der Waals surface area (Å²) in [5, 5.41) is 0. The van der Waals surface area contributed by atoms with E-state index in [4.69, 9.17) is 4.74 Å². The summed E-state index contributed by atoms with van der Waals surface area (Å²) < 4.78 is 6.62. The second-order valence-electron chi connectivity index (χ2n) is 12.7. The van der Waals surface area contributed by atoms with Crippen molar-refractivity contribution in [1.82, 2.24) is 0 Å². The molecule has 6 aliphatic rings. The van der Waals surface area contributed by atoms with Crippen LogP contribution in [0.25, 0.3) is 0 Å². The third-order valence-corrected chi connectivity index (χ3v) is 11.5. The van der Waals surface area contributed by atoms with Crippen LogP contribution in [0.5, 0.6) is 0 Å². The van der Waals surface area contributed by atoms with E-state index in [9.17, 15) is 4.79 Å². The minimum absolute atomic E-state index is 0.0107. The molecule has 0 N–H and O–H groups in total. The van der Waals surface area contributed by atoms with Gasteiger partial charge in [-0.05, 0) is 85.5 Å². The Labute approximate surface area is 182 Å². The lowest BCUT2D eigenvalue weighted by Crippen LogP contribution is -2.64. The van der Waals surface area contributed by atoms with Crippen molar-refractivity contribution in [2.24, 2.45) is 45.3 Å². The minimum Gasteiger partial charge on any atom is -0.453 e. The molecule has 3 saturated carbocycles. The van der Waals surface area contributed by atoms with Gasteiger partial charge in [0.15, 0.2) is 0 Å². The average Bonchev–Trinajstić information content (AvgIpc) is 3.22. The van der Waals surface area contributed by atoms with Crippen molar-refractivity contribution in [2.75, 3.05) is 0 Å². The van der Waals surface area contributed by atoms with Crippen molar-refractivity contribution >= 4 is 5.97 Å². The Hall–Kier alpha value is -1.31. The fraction of sp³-hybridized carbons (Fsp3) is 0.750. The van der Waals surface area contributed by atoms with Gasteiger partial charge in [0, 0.05) is 11.8 Å². The van der Waals surface area contributed by atoms with Crippen molar-refractivity contribution in [3.63, 3.8) is 0 Å². The van der Waals surface area contributed by atoms with E-state index in [1.807, 2.05) is 0 Å². The van der Waals surface area contributed by atoms with E-state index in [2.05, 4.69) is 59.4 Å². The second-order valence-corrected chi connectivity index (χ2v) is 12.7. The van der Waals surface area contributed by atoms with Crippen molar-refractivity contribution in [3.05, 3.63) is 36.0 Å². The molecule has 1 heterocycles. The molecular weight excluding hydrogens is 368 g/mol. The Kier molecular flexibility index (Phi) is 3.46. The van der Waals surface area contributed by atoms with Gasteiger partial charge >= 0.3 is 5.97 Å². The fourth-order valence-corrected chi connectivity index (χ4v) is 10.3. The molecule has 0 aromatic rings. The van der Waals surface area contributed by atoms with Gasteiger partial charge in [-0.25, -0.2) is 0 Å². The SMILES string of the molecule is C=C(C)C1CCC2=CCC34C(=O)OC21C3CCC1C2(C)C=CC(C)(C)C2CCC14C. The molecule has 8 unspecified atom stereocenters. The largest absolute Gasteiger partial charge is 0.453 e. The first-order valence-corrected chi connectivity index (χ1v) is 12.3. The first-order chi connectivity index (χ1) is 14.0. The normalized spacial score (nSPS) is 54.6. The molecule has 0 amide bonds. The fourth-order valence-electron chi connectivity index (χ4n) is 10.3. The number of rotatable bonds is 1. The lowest BCUT2D eigenvalue weighted by molar-refractivity contribution is -0.182. The Morgan fingerprint density at radius 1 is 1.03 bits per heavy atom. The summed E-state index contributed by atoms with van der Waals surface area (Å²) in [7, 11) is 0. The Morgan fingerprint density at radius 2 is 1.77 bits per heavy atom. The van der Waals surface area contributed by atoms with Crippen molar-refractivity contribution in [2.45, 2.75) is 85.2 Å². The zero-order valence-corrected chi connectivity index (χ0v) is 19.5. The molecule has 0 radical (unpaired) electrons. The van der Waals surface area contributed by atoms with Crippen LogP contribution in [-0.4, -0.2) is 11.6 Å². The summed E-state index contributed by atoms with van der Waals surface area (Å²) in [5.41, 5.74) is 2.37. The van der Waals surface area contributed by atoms with Crippen LogP contribution in [0.3, 0.4) is 0 Å². The third-order valence-electron chi connectivity index (χ3n) is 11.5. The first kappa shape index (κ1) is 19.4. The smallest absolute Gasteiger partial charge is 0.314 e. The van der Waals surface area contributed by atoms with Gasteiger partial charge in [-0.1, -0.05) is 58.1 Å². The van der Waals surface area contributed by atoms with E-state index in [-0.39, 0.29) is 33.2 Å². The third kappa shape index (κ3) is 1.77. The van der Waals surface area contributed by atoms with Crippen LogP contribution < -0.4 is 0 Å². The molecule has 2 heteroatoms. The molecule has 2 bridgehead atoms. The van der Waals surface area contributed by atoms with Gasteiger partial charge in [0.1, 0.15) is 5.60 Å². The summed E-state index contributed by atoms with van der Waals surface area (Å²) in [6, 6.07) is 0. The van der Waals surface area contributed by atoms with Gasteiger partial charge < -0.3 is 4.74 Å². The lowest BCUT2D eigenvalue weighted by Gasteiger charge is -2.65.